The molecule has 1 amide bonds. The van der Waals surface area contributed by atoms with Crippen molar-refractivity contribution in [2.75, 3.05) is 26.8 Å². The van der Waals surface area contributed by atoms with Gasteiger partial charge < -0.3 is 14.4 Å². The third-order valence-corrected chi connectivity index (χ3v) is 3.66. The highest BCUT2D eigenvalue weighted by Gasteiger charge is 2.34. The minimum absolute atomic E-state index is 0.0594. The lowest BCUT2D eigenvalue weighted by Crippen LogP contribution is -2.48. The van der Waals surface area contributed by atoms with Gasteiger partial charge in [-0.1, -0.05) is 25.1 Å². The number of hydrogen-bond donors (Lipinski definition) is 0. The molecule has 1 unspecified atom stereocenters. The number of amides is 1. The monoisotopic (exact) mass is 339 g/mol. The summed E-state index contributed by atoms with van der Waals surface area (Å²) in [5, 5.41) is 0. The topological polar surface area (TPSA) is 38.8 Å². The first-order chi connectivity index (χ1) is 11.2. The number of ether oxygens (including phenoxy) is 2. The van der Waals surface area contributed by atoms with E-state index in [4.69, 9.17) is 9.47 Å². The van der Waals surface area contributed by atoms with Gasteiger partial charge in [0.2, 0.25) is 0 Å². The van der Waals surface area contributed by atoms with Gasteiger partial charge in [-0.15, -0.1) is 0 Å². The highest BCUT2D eigenvalue weighted by molar-refractivity contribution is 5.68. The predicted octanol–water partition coefficient (Wildman–Crippen LogP) is 4.50. The summed E-state index contributed by atoms with van der Waals surface area (Å²) in [6.45, 7) is 10.0. The van der Waals surface area contributed by atoms with Crippen LogP contribution in [-0.4, -0.2) is 43.4 Å². The Morgan fingerprint density at radius 1 is 1.29 bits per heavy atom. The zero-order valence-corrected chi connectivity index (χ0v) is 15.5. The molecule has 0 N–H and O–H groups in total. The van der Waals surface area contributed by atoms with Crippen molar-refractivity contribution in [2.45, 2.75) is 46.1 Å². The Balaban J connectivity index is 0.000000341. The van der Waals surface area contributed by atoms with Gasteiger partial charge in [-0.3, -0.25) is 0 Å². The number of benzene rings is 1. The Kier molecular flexibility index (Phi) is 7.67. The van der Waals surface area contributed by atoms with Crippen molar-refractivity contribution in [3.8, 4) is 0 Å². The quantitative estimate of drug-likeness (QED) is 0.796. The molecule has 0 radical (unpaired) electrons. The fourth-order valence-corrected chi connectivity index (χ4v) is 2.68. The molecular formula is C19H30FNO3. The highest BCUT2D eigenvalue weighted by Crippen LogP contribution is 2.30. The molecule has 1 aliphatic heterocycles. The summed E-state index contributed by atoms with van der Waals surface area (Å²) in [4.78, 5) is 13.8. The molecule has 1 fully saturated rings. The number of methoxy groups -OCH3 is 1. The zero-order valence-electron chi connectivity index (χ0n) is 15.5. The van der Waals surface area contributed by atoms with E-state index in [1.807, 2.05) is 20.8 Å². The number of carbonyl (C=O) groups excluding carboxylic acids is 1. The van der Waals surface area contributed by atoms with Gasteiger partial charge >= 0.3 is 6.09 Å². The Hall–Kier alpha value is -1.62. The second kappa shape index (κ2) is 9.02. The molecule has 0 bridgehead atoms. The van der Waals surface area contributed by atoms with E-state index >= 15 is 0 Å². The summed E-state index contributed by atoms with van der Waals surface area (Å²) in [5.74, 6) is -0.178. The zero-order chi connectivity index (χ0) is 18.2. The number of halogens is 1. The van der Waals surface area contributed by atoms with Crippen LogP contribution in [0.15, 0.2) is 30.3 Å². The molecule has 4 nitrogen and oxygen atoms in total. The van der Waals surface area contributed by atoms with E-state index < -0.39 is 5.60 Å². The summed E-state index contributed by atoms with van der Waals surface area (Å²) < 4.78 is 22.5. The molecule has 1 atom stereocenters. The molecule has 1 aromatic rings. The van der Waals surface area contributed by atoms with Gasteiger partial charge in [0.1, 0.15) is 11.4 Å². The van der Waals surface area contributed by atoms with E-state index in [9.17, 15) is 9.18 Å². The molecule has 0 saturated carbocycles. The van der Waals surface area contributed by atoms with Gasteiger partial charge in [0, 0.05) is 25.6 Å². The number of likely N-dealkylation sites (tertiary alicyclic amines) is 1. The molecule has 1 aromatic carbocycles. The van der Waals surface area contributed by atoms with Crippen LogP contribution in [0.2, 0.25) is 0 Å². The molecule has 136 valence electrons. The SMILES string of the molecule is COCC1(C)CCCN(C(=O)OC(C)(C)C)C1.Fc1ccccc1. The second-order valence-corrected chi connectivity index (χ2v) is 7.54. The minimum atomic E-state index is -0.424. The van der Waals surface area contributed by atoms with Crippen molar-refractivity contribution in [1.82, 2.24) is 4.90 Å². The van der Waals surface area contributed by atoms with Crippen LogP contribution in [0.5, 0.6) is 0 Å². The number of hydrogen-bond acceptors (Lipinski definition) is 3. The molecule has 1 heterocycles. The van der Waals surface area contributed by atoms with Gasteiger partial charge in [-0.05, 0) is 45.7 Å². The van der Waals surface area contributed by atoms with Crippen molar-refractivity contribution in [3.05, 3.63) is 36.1 Å². The van der Waals surface area contributed by atoms with Gasteiger partial charge in [0.05, 0.1) is 6.61 Å². The minimum Gasteiger partial charge on any atom is -0.444 e. The second-order valence-electron chi connectivity index (χ2n) is 7.54. The molecule has 2 rings (SSSR count). The maximum absolute atomic E-state index is 12.0. The first-order valence-corrected chi connectivity index (χ1v) is 8.33. The fourth-order valence-electron chi connectivity index (χ4n) is 2.68. The largest absolute Gasteiger partial charge is 0.444 e. The maximum atomic E-state index is 12.0. The van der Waals surface area contributed by atoms with Gasteiger partial charge in [-0.2, -0.15) is 0 Å². The van der Waals surface area contributed by atoms with E-state index in [-0.39, 0.29) is 17.3 Å². The molecule has 0 aliphatic carbocycles. The van der Waals surface area contributed by atoms with Crippen LogP contribution in [-0.2, 0) is 9.47 Å². The van der Waals surface area contributed by atoms with Crippen LogP contribution >= 0.6 is 0 Å². The average molecular weight is 339 g/mol. The molecule has 0 aromatic heterocycles. The van der Waals surface area contributed by atoms with E-state index in [0.717, 1.165) is 25.9 Å². The van der Waals surface area contributed by atoms with E-state index in [1.165, 1.54) is 12.1 Å². The van der Waals surface area contributed by atoms with Crippen LogP contribution in [0.1, 0.15) is 40.5 Å². The highest BCUT2D eigenvalue weighted by atomic mass is 19.1. The summed E-state index contributed by atoms with van der Waals surface area (Å²) in [6.07, 6.45) is 1.90. The van der Waals surface area contributed by atoms with Crippen molar-refractivity contribution < 1.29 is 18.7 Å². The van der Waals surface area contributed by atoms with Crippen LogP contribution in [0.4, 0.5) is 9.18 Å². The molecule has 24 heavy (non-hydrogen) atoms. The molecule has 1 aliphatic rings. The lowest BCUT2D eigenvalue weighted by Gasteiger charge is -2.40. The smallest absolute Gasteiger partial charge is 0.410 e. The summed E-state index contributed by atoms with van der Waals surface area (Å²) in [5.41, 5.74) is -0.365. The first kappa shape index (κ1) is 20.4. The predicted molar refractivity (Wildman–Crippen MR) is 93.4 cm³/mol. The third kappa shape index (κ3) is 7.77. The molecule has 5 heteroatoms. The molecule has 0 spiro atoms. The van der Waals surface area contributed by atoms with Crippen molar-refractivity contribution in [2.24, 2.45) is 5.41 Å². The van der Waals surface area contributed by atoms with E-state index in [1.54, 1.807) is 30.2 Å². The molecular weight excluding hydrogens is 309 g/mol. The van der Waals surface area contributed by atoms with E-state index in [2.05, 4.69) is 6.92 Å². The Morgan fingerprint density at radius 3 is 2.38 bits per heavy atom. The fraction of sp³-hybridized carbons (Fsp3) is 0.632. The number of rotatable bonds is 2. The lowest BCUT2D eigenvalue weighted by atomic mass is 9.83. The van der Waals surface area contributed by atoms with Gasteiger partial charge in [0.15, 0.2) is 0 Å². The summed E-state index contributed by atoms with van der Waals surface area (Å²) >= 11 is 0. The van der Waals surface area contributed by atoms with Gasteiger partial charge in [-0.25, -0.2) is 9.18 Å². The Morgan fingerprint density at radius 2 is 1.92 bits per heavy atom. The average Bonchev–Trinajstić information content (AvgIpc) is 2.47. The van der Waals surface area contributed by atoms with Crippen molar-refractivity contribution in [1.29, 1.82) is 0 Å². The Bertz CT molecular complexity index is 497. The summed E-state index contributed by atoms with van der Waals surface area (Å²) in [6, 6.07) is 7.94. The first-order valence-electron chi connectivity index (χ1n) is 8.33. The van der Waals surface area contributed by atoms with Crippen LogP contribution in [0.3, 0.4) is 0 Å². The van der Waals surface area contributed by atoms with Crippen LogP contribution < -0.4 is 0 Å². The number of carbonyl (C=O) groups is 1. The Labute approximate surface area is 144 Å². The number of nitrogens with zero attached hydrogens (tertiary/aromatic N) is 1. The standard InChI is InChI=1S/C13H25NO3.C6H5F/c1-12(2,3)17-11(15)14-8-6-7-13(4,9-14)10-16-5;7-6-4-2-1-3-5-6/h6-10H2,1-5H3;1-5H. The lowest BCUT2D eigenvalue weighted by molar-refractivity contribution is -0.00976. The third-order valence-electron chi connectivity index (χ3n) is 3.66. The van der Waals surface area contributed by atoms with Crippen molar-refractivity contribution >= 4 is 6.09 Å². The number of piperidine rings is 1. The van der Waals surface area contributed by atoms with Crippen LogP contribution in [0, 0.1) is 11.2 Å². The summed E-state index contributed by atoms with van der Waals surface area (Å²) in [7, 11) is 1.71. The van der Waals surface area contributed by atoms with Crippen LogP contribution in [0.25, 0.3) is 0 Å². The molecule has 1 saturated heterocycles. The van der Waals surface area contributed by atoms with E-state index in [0.29, 0.717) is 6.61 Å². The maximum Gasteiger partial charge on any atom is 0.410 e. The normalized spacial score (nSPS) is 20.8. The van der Waals surface area contributed by atoms with Gasteiger partial charge in [0.25, 0.3) is 0 Å². The van der Waals surface area contributed by atoms with Crippen molar-refractivity contribution in [3.63, 3.8) is 0 Å².